The predicted octanol–water partition coefficient (Wildman–Crippen LogP) is 4.24. The standard InChI is InChI=1S/C18H14F3N3O2S/c1-9-10-7-8-13(18(19,20)21)24-17(10)27-14(9)16(26)23-12-6-4-3-5-11(12)15(25)22-2/h3-8H,1-2H3,(H,22,25)(H,23,26). The SMILES string of the molecule is CNC(=O)c1ccccc1NC(=O)c1sc2nc(C(F)(F)F)ccc2c1C. The second-order valence-electron chi connectivity index (χ2n) is 5.68. The molecule has 2 amide bonds. The van der Waals surface area contributed by atoms with Gasteiger partial charge < -0.3 is 10.6 Å². The van der Waals surface area contributed by atoms with Gasteiger partial charge in [-0.15, -0.1) is 11.3 Å². The molecule has 0 atom stereocenters. The van der Waals surface area contributed by atoms with E-state index in [0.29, 0.717) is 16.6 Å². The van der Waals surface area contributed by atoms with Gasteiger partial charge in [0.2, 0.25) is 0 Å². The Bertz CT molecular complexity index is 1040. The number of nitrogens with one attached hydrogen (secondary N) is 2. The molecule has 0 radical (unpaired) electrons. The summed E-state index contributed by atoms with van der Waals surface area (Å²) in [4.78, 5) is 28.6. The molecule has 1 aromatic carbocycles. The van der Waals surface area contributed by atoms with Crippen LogP contribution in [0.15, 0.2) is 36.4 Å². The summed E-state index contributed by atoms with van der Waals surface area (Å²) >= 11 is 0.878. The fourth-order valence-electron chi connectivity index (χ4n) is 2.58. The molecule has 0 saturated heterocycles. The summed E-state index contributed by atoms with van der Waals surface area (Å²) in [5.41, 5.74) is 0.117. The molecule has 140 valence electrons. The minimum Gasteiger partial charge on any atom is -0.355 e. The summed E-state index contributed by atoms with van der Waals surface area (Å²) < 4.78 is 38.5. The van der Waals surface area contributed by atoms with Crippen molar-refractivity contribution in [2.75, 3.05) is 12.4 Å². The maximum atomic E-state index is 12.8. The van der Waals surface area contributed by atoms with Gasteiger partial charge in [0.1, 0.15) is 10.5 Å². The number of amides is 2. The number of aryl methyl sites for hydroxylation is 1. The van der Waals surface area contributed by atoms with Crippen LogP contribution in [0.2, 0.25) is 0 Å². The average Bonchev–Trinajstić information content (AvgIpc) is 2.97. The number of carbonyl (C=O) groups excluding carboxylic acids is 2. The largest absolute Gasteiger partial charge is 0.433 e. The van der Waals surface area contributed by atoms with E-state index in [1.165, 1.54) is 13.1 Å². The molecule has 2 aromatic heterocycles. The molecule has 2 N–H and O–H groups in total. The number of hydrogen-bond acceptors (Lipinski definition) is 4. The summed E-state index contributed by atoms with van der Waals surface area (Å²) in [7, 11) is 1.47. The first-order valence-electron chi connectivity index (χ1n) is 7.82. The normalized spacial score (nSPS) is 11.4. The molecular weight excluding hydrogens is 379 g/mol. The van der Waals surface area contributed by atoms with Crippen LogP contribution in [0.25, 0.3) is 10.2 Å². The van der Waals surface area contributed by atoms with E-state index in [1.807, 2.05) is 0 Å². The second kappa shape index (κ2) is 6.99. The number of hydrogen-bond donors (Lipinski definition) is 2. The fourth-order valence-corrected chi connectivity index (χ4v) is 3.65. The first kappa shape index (κ1) is 18.8. The van der Waals surface area contributed by atoms with Gasteiger partial charge in [0, 0.05) is 12.4 Å². The van der Waals surface area contributed by atoms with E-state index in [4.69, 9.17) is 0 Å². The molecule has 3 aromatic rings. The maximum Gasteiger partial charge on any atom is 0.433 e. The zero-order valence-corrected chi connectivity index (χ0v) is 15.1. The number of thiophene rings is 1. The lowest BCUT2D eigenvalue weighted by Gasteiger charge is -2.09. The smallest absolute Gasteiger partial charge is 0.355 e. The summed E-state index contributed by atoms with van der Waals surface area (Å²) in [6.45, 7) is 1.65. The average molecular weight is 393 g/mol. The van der Waals surface area contributed by atoms with Crippen molar-refractivity contribution in [2.45, 2.75) is 13.1 Å². The lowest BCUT2D eigenvalue weighted by Crippen LogP contribution is -2.21. The van der Waals surface area contributed by atoms with Crippen LogP contribution in [0, 0.1) is 6.92 Å². The number of halogens is 3. The van der Waals surface area contributed by atoms with Gasteiger partial charge in [0.05, 0.1) is 16.1 Å². The third-order valence-corrected chi connectivity index (χ3v) is 5.15. The van der Waals surface area contributed by atoms with E-state index in [2.05, 4.69) is 15.6 Å². The topological polar surface area (TPSA) is 71.1 Å². The van der Waals surface area contributed by atoms with Crippen molar-refractivity contribution in [1.29, 1.82) is 0 Å². The molecule has 9 heteroatoms. The number of rotatable bonds is 3. The Kier molecular flexibility index (Phi) is 4.88. The van der Waals surface area contributed by atoms with Gasteiger partial charge in [-0.1, -0.05) is 12.1 Å². The lowest BCUT2D eigenvalue weighted by atomic mass is 10.1. The third kappa shape index (κ3) is 3.63. The number of nitrogens with zero attached hydrogens (tertiary/aromatic N) is 1. The van der Waals surface area contributed by atoms with Crippen LogP contribution in [-0.4, -0.2) is 23.8 Å². The number of fused-ring (bicyclic) bond motifs is 1. The zero-order valence-electron chi connectivity index (χ0n) is 14.3. The van der Waals surface area contributed by atoms with Crippen LogP contribution >= 0.6 is 11.3 Å². The van der Waals surface area contributed by atoms with E-state index in [0.717, 1.165) is 17.4 Å². The molecule has 0 fully saturated rings. The highest BCUT2D eigenvalue weighted by atomic mass is 32.1. The molecule has 0 aliphatic heterocycles. The number of carbonyl (C=O) groups is 2. The highest BCUT2D eigenvalue weighted by Gasteiger charge is 2.33. The highest BCUT2D eigenvalue weighted by molar-refractivity contribution is 7.20. The van der Waals surface area contributed by atoms with Gasteiger partial charge in [-0.25, -0.2) is 4.98 Å². The van der Waals surface area contributed by atoms with Gasteiger partial charge in [-0.2, -0.15) is 13.2 Å². The van der Waals surface area contributed by atoms with Gasteiger partial charge in [-0.3, -0.25) is 9.59 Å². The summed E-state index contributed by atoms with van der Waals surface area (Å²) in [6, 6.07) is 8.66. The van der Waals surface area contributed by atoms with Gasteiger partial charge in [-0.05, 0) is 36.8 Å². The number of alkyl halides is 3. The number of pyridine rings is 1. The molecule has 0 saturated carbocycles. The Balaban J connectivity index is 1.97. The number of anilines is 1. The monoisotopic (exact) mass is 393 g/mol. The molecule has 0 spiro atoms. The lowest BCUT2D eigenvalue weighted by molar-refractivity contribution is -0.140. The van der Waals surface area contributed by atoms with Crippen molar-refractivity contribution in [3.63, 3.8) is 0 Å². The Hall–Kier alpha value is -2.94. The van der Waals surface area contributed by atoms with Crippen molar-refractivity contribution < 1.29 is 22.8 Å². The van der Waals surface area contributed by atoms with Crippen LogP contribution in [0.5, 0.6) is 0 Å². The Labute approximate surface area is 156 Å². The quantitative estimate of drug-likeness (QED) is 0.699. The fraction of sp³-hybridized carbons (Fsp3) is 0.167. The molecule has 27 heavy (non-hydrogen) atoms. The van der Waals surface area contributed by atoms with E-state index in [-0.39, 0.29) is 21.2 Å². The van der Waals surface area contributed by atoms with Gasteiger partial charge >= 0.3 is 6.18 Å². The van der Waals surface area contributed by atoms with Crippen molar-refractivity contribution in [1.82, 2.24) is 10.3 Å². The van der Waals surface area contributed by atoms with Crippen molar-refractivity contribution >= 4 is 39.1 Å². The summed E-state index contributed by atoms with van der Waals surface area (Å²) in [5.74, 6) is -0.879. The molecule has 0 aliphatic carbocycles. The molecule has 5 nitrogen and oxygen atoms in total. The van der Waals surface area contributed by atoms with Crippen LogP contribution in [0.1, 0.15) is 31.3 Å². The molecule has 3 rings (SSSR count). The first-order chi connectivity index (χ1) is 12.7. The predicted molar refractivity (Wildman–Crippen MR) is 97.1 cm³/mol. The summed E-state index contributed by atoms with van der Waals surface area (Å²) in [5, 5.41) is 5.62. The number of aromatic nitrogens is 1. The molecular formula is C18H14F3N3O2S. The van der Waals surface area contributed by atoms with Crippen LogP contribution in [0.3, 0.4) is 0 Å². The first-order valence-corrected chi connectivity index (χ1v) is 8.64. The van der Waals surface area contributed by atoms with Crippen molar-refractivity contribution in [2.24, 2.45) is 0 Å². The van der Waals surface area contributed by atoms with E-state index in [9.17, 15) is 22.8 Å². The molecule has 0 aliphatic rings. The summed E-state index contributed by atoms with van der Waals surface area (Å²) in [6.07, 6.45) is -4.55. The van der Waals surface area contributed by atoms with Crippen LogP contribution < -0.4 is 10.6 Å². The minimum absolute atomic E-state index is 0.132. The van der Waals surface area contributed by atoms with E-state index < -0.39 is 17.8 Å². The Morgan fingerprint density at radius 1 is 1.07 bits per heavy atom. The molecule has 0 unspecified atom stereocenters. The third-order valence-electron chi connectivity index (χ3n) is 3.95. The van der Waals surface area contributed by atoms with Crippen LogP contribution in [0.4, 0.5) is 18.9 Å². The number of para-hydroxylation sites is 1. The molecule has 2 heterocycles. The highest BCUT2D eigenvalue weighted by Crippen LogP contribution is 2.34. The van der Waals surface area contributed by atoms with Crippen LogP contribution in [-0.2, 0) is 6.18 Å². The van der Waals surface area contributed by atoms with E-state index in [1.54, 1.807) is 31.2 Å². The number of benzene rings is 1. The Morgan fingerprint density at radius 2 is 1.78 bits per heavy atom. The van der Waals surface area contributed by atoms with Gasteiger partial charge in [0.15, 0.2) is 0 Å². The minimum atomic E-state index is -4.55. The second-order valence-corrected chi connectivity index (χ2v) is 6.68. The van der Waals surface area contributed by atoms with Crippen molar-refractivity contribution in [3.05, 3.63) is 58.1 Å². The van der Waals surface area contributed by atoms with E-state index >= 15 is 0 Å². The zero-order chi connectivity index (χ0) is 19.8. The van der Waals surface area contributed by atoms with Gasteiger partial charge in [0.25, 0.3) is 11.8 Å². The maximum absolute atomic E-state index is 12.8. The Morgan fingerprint density at radius 3 is 2.44 bits per heavy atom. The molecule has 0 bridgehead atoms. The van der Waals surface area contributed by atoms with Crippen molar-refractivity contribution in [3.8, 4) is 0 Å².